The Bertz CT molecular complexity index is 877. The fourth-order valence-corrected chi connectivity index (χ4v) is 3.25. The van der Waals surface area contributed by atoms with E-state index in [-0.39, 0.29) is 0 Å². The molecule has 0 radical (unpaired) electrons. The minimum absolute atomic E-state index is 0.482. The number of H-pyrrole nitrogens is 1. The molecule has 0 fully saturated rings. The third kappa shape index (κ3) is 3.23. The first-order chi connectivity index (χ1) is 10.7. The van der Waals surface area contributed by atoms with Crippen LogP contribution in [0.15, 0.2) is 39.2 Å². The van der Waals surface area contributed by atoms with E-state index in [0.717, 1.165) is 33.0 Å². The van der Waals surface area contributed by atoms with E-state index in [4.69, 9.17) is 12.2 Å². The second kappa shape index (κ2) is 6.64. The van der Waals surface area contributed by atoms with E-state index in [1.54, 1.807) is 22.2 Å². The monoisotopic (exact) mass is 393 g/mol. The molecule has 8 heteroatoms. The first kappa shape index (κ1) is 15.3. The molecule has 0 saturated carbocycles. The minimum atomic E-state index is 0.482. The molecule has 3 aromatic rings. The van der Waals surface area contributed by atoms with Crippen LogP contribution in [0.2, 0.25) is 0 Å². The summed E-state index contributed by atoms with van der Waals surface area (Å²) in [6.07, 6.45) is 2.45. The van der Waals surface area contributed by atoms with Gasteiger partial charge in [0.15, 0.2) is 5.82 Å². The summed E-state index contributed by atoms with van der Waals surface area (Å²) in [4.78, 5) is 4.58. The maximum Gasteiger partial charge on any atom is 0.216 e. The predicted molar refractivity (Wildman–Crippen MR) is 95.0 cm³/mol. The van der Waals surface area contributed by atoms with Gasteiger partial charge in [-0.15, -0.1) is 11.3 Å². The van der Waals surface area contributed by atoms with Crippen LogP contribution in [0.4, 0.5) is 0 Å². The number of rotatable bonds is 4. The SMILES string of the molecule is CCc1n[nH]c(=S)n1/N=C\c1csc(-c2cccc(Br)c2)n1. The van der Waals surface area contributed by atoms with Crippen LogP contribution < -0.4 is 0 Å². The molecule has 3 rings (SSSR count). The number of nitrogens with one attached hydrogen (secondary N) is 1. The van der Waals surface area contributed by atoms with Crippen molar-refractivity contribution in [1.29, 1.82) is 0 Å². The van der Waals surface area contributed by atoms with Crippen molar-refractivity contribution < 1.29 is 0 Å². The molecular formula is C14H12BrN5S2. The van der Waals surface area contributed by atoms with Crippen molar-refractivity contribution in [3.05, 3.63) is 50.4 Å². The lowest BCUT2D eigenvalue weighted by atomic mass is 10.2. The molecule has 1 N–H and O–H groups in total. The quantitative estimate of drug-likeness (QED) is 0.531. The van der Waals surface area contributed by atoms with E-state index in [1.165, 1.54) is 0 Å². The number of hydrogen-bond acceptors (Lipinski definition) is 5. The molecule has 0 saturated heterocycles. The molecule has 0 aliphatic heterocycles. The van der Waals surface area contributed by atoms with Crippen LogP contribution in [0.1, 0.15) is 18.4 Å². The van der Waals surface area contributed by atoms with Crippen LogP contribution >= 0.6 is 39.5 Å². The largest absolute Gasteiger partial charge is 0.250 e. The molecular weight excluding hydrogens is 382 g/mol. The van der Waals surface area contributed by atoms with Gasteiger partial charge in [-0.05, 0) is 24.4 Å². The fraction of sp³-hybridized carbons (Fsp3) is 0.143. The average molecular weight is 394 g/mol. The van der Waals surface area contributed by atoms with Crippen LogP contribution in [0.5, 0.6) is 0 Å². The van der Waals surface area contributed by atoms with Crippen LogP contribution in [0.3, 0.4) is 0 Å². The fourth-order valence-electron chi connectivity index (χ4n) is 1.89. The highest BCUT2D eigenvalue weighted by Crippen LogP contribution is 2.25. The predicted octanol–water partition coefficient (Wildman–Crippen LogP) is 4.27. The van der Waals surface area contributed by atoms with E-state index in [0.29, 0.717) is 4.77 Å². The highest BCUT2D eigenvalue weighted by atomic mass is 79.9. The third-order valence-corrected chi connectivity index (χ3v) is 4.60. The zero-order chi connectivity index (χ0) is 15.5. The van der Waals surface area contributed by atoms with Crippen molar-refractivity contribution >= 4 is 45.7 Å². The number of hydrogen-bond donors (Lipinski definition) is 1. The summed E-state index contributed by atoms with van der Waals surface area (Å²) in [7, 11) is 0. The molecule has 112 valence electrons. The summed E-state index contributed by atoms with van der Waals surface area (Å²) in [5.41, 5.74) is 1.87. The number of aromatic amines is 1. The van der Waals surface area contributed by atoms with Crippen molar-refractivity contribution in [3.8, 4) is 10.6 Å². The van der Waals surface area contributed by atoms with E-state index in [1.807, 2.05) is 36.6 Å². The van der Waals surface area contributed by atoms with E-state index >= 15 is 0 Å². The Kier molecular flexibility index (Phi) is 4.60. The first-order valence-corrected chi connectivity index (χ1v) is 8.67. The Balaban J connectivity index is 1.87. The summed E-state index contributed by atoms with van der Waals surface area (Å²) >= 11 is 10.2. The van der Waals surface area contributed by atoms with Crippen LogP contribution in [0.25, 0.3) is 10.6 Å². The first-order valence-electron chi connectivity index (χ1n) is 6.59. The molecule has 0 amide bonds. The Morgan fingerprint density at radius 3 is 3.14 bits per heavy atom. The molecule has 0 unspecified atom stereocenters. The van der Waals surface area contributed by atoms with Gasteiger partial charge < -0.3 is 0 Å². The van der Waals surface area contributed by atoms with Gasteiger partial charge in [-0.25, -0.2) is 4.98 Å². The van der Waals surface area contributed by atoms with Gasteiger partial charge >= 0.3 is 0 Å². The number of aryl methyl sites for hydroxylation is 1. The van der Waals surface area contributed by atoms with Gasteiger partial charge in [0.05, 0.1) is 11.9 Å². The number of nitrogens with zero attached hydrogens (tertiary/aromatic N) is 4. The summed E-state index contributed by atoms with van der Waals surface area (Å²) in [5, 5.41) is 14.1. The molecule has 0 bridgehead atoms. The molecule has 22 heavy (non-hydrogen) atoms. The molecule has 0 atom stereocenters. The molecule has 2 aromatic heterocycles. The lowest BCUT2D eigenvalue weighted by molar-refractivity contribution is 0.780. The van der Waals surface area contributed by atoms with Crippen LogP contribution in [-0.2, 0) is 6.42 Å². The minimum Gasteiger partial charge on any atom is -0.250 e. The molecule has 0 aliphatic rings. The molecule has 0 aliphatic carbocycles. The Labute approximate surface area is 144 Å². The average Bonchev–Trinajstić information content (AvgIpc) is 3.12. The smallest absolute Gasteiger partial charge is 0.216 e. The molecule has 0 spiro atoms. The van der Waals surface area contributed by atoms with Gasteiger partial charge in [0.1, 0.15) is 5.01 Å². The number of aromatic nitrogens is 4. The highest BCUT2D eigenvalue weighted by molar-refractivity contribution is 9.10. The summed E-state index contributed by atoms with van der Waals surface area (Å²) in [5.74, 6) is 0.795. The van der Waals surface area contributed by atoms with E-state index in [2.05, 4.69) is 36.2 Å². The Hall–Kier alpha value is -1.64. The summed E-state index contributed by atoms with van der Waals surface area (Å²) in [6, 6.07) is 8.06. The van der Waals surface area contributed by atoms with Crippen LogP contribution in [-0.4, -0.2) is 26.1 Å². The topological polar surface area (TPSA) is 58.9 Å². The van der Waals surface area contributed by atoms with Gasteiger partial charge in [-0.2, -0.15) is 14.9 Å². The van der Waals surface area contributed by atoms with E-state index < -0.39 is 0 Å². The molecule has 1 aromatic carbocycles. The van der Waals surface area contributed by atoms with Crippen molar-refractivity contribution in [2.24, 2.45) is 5.10 Å². The standard InChI is InChI=1S/C14H12BrN5S2/c1-2-12-18-19-14(21)20(12)16-7-11-8-22-13(17-11)9-4-3-5-10(15)6-9/h3-8H,2H2,1H3,(H,19,21)/b16-7-. The van der Waals surface area contributed by atoms with Crippen LogP contribution in [0, 0.1) is 4.77 Å². The van der Waals surface area contributed by atoms with Gasteiger partial charge in [-0.1, -0.05) is 35.0 Å². The van der Waals surface area contributed by atoms with Crippen molar-refractivity contribution in [3.63, 3.8) is 0 Å². The molecule has 2 heterocycles. The zero-order valence-electron chi connectivity index (χ0n) is 11.7. The maximum absolute atomic E-state index is 5.16. The summed E-state index contributed by atoms with van der Waals surface area (Å²) < 4.78 is 3.14. The number of benzene rings is 1. The second-order valence-corrected chi connectivity index (χ2v) is 6.60. The van der Waals surface area contributed by atoms with Gasteiger partial charge in [0.2, 0.25) is 4.77 Å². The molecule has 5 nitrogen and oxygen atoms in total. The number of thiazole rings is 1. The van der Waals surface area contributed by atoms with Crippen molar-refractivity contribution in [1.82, 2.24) is 19.9 Å². The lowest BCUT2D eigenvalue weighted by Gasteiger charge is -1.96. The maximum atomic E-state index is 5.16. The normalized spacial score (nSPS) is 11.4. The van der Waals surface area contributed by atoms with Crippen molar-refractivity contribution in [2.45, 2.75) is 13.3 Å². The third-order valence-electron chi connectivity index (χ3n) is 2.93. The van der Waals surface area contributed by atoms with Gasteiger partial charge in [-0.3, -0.25) is 5.10 Å². The van der Waals surface area contributed by atoms with E-state index in [9.17, 15) is 0 Å². The zero-order valence-corrected chi connectivity index (χ0v) is 14.9. The lowest BCUT2D eigenvalue weighted by Crippen LogP contribution is -1.97. The van der Waals surface area contributed by atoms with Gasteiger partial charge in [0.25, 0.3) is 0 Å². The second-order valence-electron chi connectivity index (χ2n) is 4.44. The Morgan fingerprint density at radius 2 is 2.36 bits per heavy atom. The Morgan fingerprint density at radius 1 is 1.50 bits per heavy atom. The number of halogens is 1. The highest BCUT2D eigenvalue weighted by Gasteiger charge is 2.05. The van der Waals surface area contributed by atoms with Gasteiger partial charge in [0, 0.05) is 21.8 Å². The summed E-state index contributed by atoms with van der Waals surface area (Å²) in [6.45, 7) is 2.01. The van der Waals surface area contributed by atoms with Crippen molar-refractivity contribution in [2.75, 3.05) is 0 Å².